The smallest absolute Gasteiger partial charge is 0.303 e. The van der Waals surface area contributed by atoms with Gasteiger partial charge in [-0.15, -0.1) is 10.2 Å². The molecule has 1 amide bonds. The van der Waals surface area contributed by atoms with E-state index in [9.17, 15) is 9.59 Å². The van der Waals surface area contributed by atoms with Crippen molar-refractivity contribution >= 4 is 18.1 Å². The summed E-state index contributed by atoms with van der Waals surface area (Å²) < 4.78 is 5.61. The van der Waals surface area contributed by atoms with Gasteiger partial charge < -0.3 is 14.4 Å². The molecule has 0 spiro atoms. The summed E-state index contributed by atoms with van der Waals surface area (Å²) in [6, 6.07) is 16.7. The monoisotopic (exact) mass is 379 g/mol. The molecular formula is C21H21N3O4. The van der Waals surface area contributed by atoms with Crippen molar-refractivity contribution in [2.75, 3.05) is 4.90 Å². The van der Waals surface area contributed by atoms with Crippen LogP contribution < -0.4 is 4.90 Å². The van der Waals surface area contributed by atoms with E-state index in [4.69, 9.17) is 9.52 Å². The van der Waals surface area contributed by atoms with Gasteiger partial charge in [-0.25, -0.2) is 0 Å². The third-order valence-electron chi connectivity index (χ3n) is 4.42. The topological polar surface area (TPSA) is 96.5 Å². The SMILES string of the molecule is CCc1nnc(C(CCC(=O)O)N(C=O)c2ccc(-c3ccccc3)cc2)o1. The maximum Gasteiger partial charge on any atom is 0.303 e. The lowest BCUT2D eigenvalue weighted by Crippen LogP contribution is -2.28. The summed E-state index contributed by atoms with van der Waals surface area (Å²) in [5.74, 6) is -0.275. The minimum Gasteiger partial charge on any atom is -0.481 e. The molecule has 0 fully saturated rings. The van der Waals surface area contributed by atoms with Crippen LogP contribution in [0.2, 0.25) is 0 Å². The van der Waals surface area contributed by atoms with Gasteiger partial charge >= 0.3 is 5.97 Å². The third kappa shape index (κ3) is 4.43. The molecule has 0 bridgehead atoms. The number of carboxylic acid groups (broad SMARTS) is 1. The fourth-order valence-electron chi connectivity index (χ4n) is 2.96. The predicted octanol–water partition coefficient (Wildman–Crippen LogP) is 3.87. The van der Waals surface area contributed by atoms with Crippen LogP contribution in [-0.2, 0) is 16.0 Å². The number of anilines is 1. The van der Waals surface area contributed by atoms with E-state index < -0.39 is 12.0 Å². The van der Waals surface area contributed by atoms with Crippen molar-refractivity contribution in [1.82, 2.24) is 10.2 Å². The maximum absolute atomic E-state index is 11.9. The van der Waals surface area contributed by atoms with Gasteiger partial charge in [0, 0.05) is 18.5 Å². The van der Waals surface area contributed by atoms with Crippen LogP contribution in [0.25, 0.3) is 11.1 Å². The summed E-state index contributed by atoms with van der Waals surface area (Å²) in [5, 5.41) is 17.0. The van der Waals surface area contributed by atoms with Gasteiger partial charge in [0.05, 0.1) is 0 Å². The molecule has 144 valence electrons. The second-order valence-electron chi connectivity index (χ2n) is 6.26. The van der Waals surface area contributed by atoms with Gasteiger partial charge in [-0.1, -0.05) is 49.4 Å². The van der Waals surface area contributed by atoms with Gasteiger partial charge in [-0.3, -0.25) is 9.59 Å². The molecule has 28 heavy (non-hydrogen) atoms. The fraction of sp³-hybridized carbons (Fsp3) is 0.238. The summed E-state index contributed by atoms with van der Waals surface area (Å²) in [6.07, 6.45) is 1.27. The Morgan fingerprint density at radius 2 is 1.79 bits per heavy atom. The largest absolute Gasteiger partial charge is 0.481 e. The standard InChI is InChI=1S/C21H21N3O4/c1-2-19-22-23-21(28-19)18(12-13-20(26)27)24(14-25)17-10-8-16(9-11-17)15-6-4-3-5-7-15/h3-11,14,18H,2,12-13H2,1H3,(H,26,27). The first kappa shape index (κ1) is 19.3. The van der Waals surface area contributed by atoms with Crippen LogP contribution in [-0.4, -0.2) is 27.7 Å². The normalized spacial score (nSPS) is 11.8. The summed E-state index contributed by atoms with van der Waals surface area (Å²) in [6.45, 7) is 1.88. The highest BCUT2D eigenvalue weighted by Crippen LogP contribution is 2.31. The molecule has 0 aliphatic rings. The van der Waals surface area contributed by atoms with E-state index in [1.807, 2.05) is 61.5 Å². The lowest BCUT2D eigenvalue weighted by Gasteiger charge is -2.25. The number of aromatic nitrogens is 2. The average molecular weight is 379 g/mol. The van der Waals surface area contributed by atoms with Crippen molar-refractivity contribution in [3.8, 4) is 11.1 Å². The van der Waals surface area contributed by atoms with Crippen LogP contribution in [0, 0.1) is 0 Å². The first-order chi connectivity index (χ1) is 13.6. The van der Waals surface area contributed by atoms with Crippen LogP contribution in [0.4, 0.5) is 5.69 Å². The Balaban J connectivity index is 1.90. The van der Waals surface area contributed by atoms with Crippen molar-refractivity contribution in [3.05, 3.63) is 66.4 Å². The molecule has 2 aromatic carbocycles. The van der Waals surface area contributed by atoms with E-state index in [0.29, 0.717) is 24.4 Å². The molecule has 3 rings (SSSR count). The zero-order valence-electron chi connectivity index (χ0n) is 15.5. The van der Waals surface area contributed by atoms with Crippen molar-refractivity contribution in [1.29, 1.82) is 0 Å². The van der Waals surface area contributed by atoms with Gasteiger partial charge in [0.1, 0.15) is 6.04 Å². The average Bonchev–Trinajstić information content (AvgIpc) is 3.21. The minimum atomic E-state index is -0.953. The summed E-state index contributed by atoms with van der Waals surface area (Å²) in [4.78, 5) is 24.4. The van der Waals surface area contributed by atoms with Crippen molar-refractivity contribution < 1.29 is 19.1 Å². The fourth-order valence-corrected chi connectivity index (χ4v) is 2.96. The Hall–Kier alpha value is -3.48. The minimum absolute atomic E-state index is 0.124. The van der Waals surface area contributed by atoms with Crippen molar-refractivity contribution in [3.63, 3.8) is 0 Å². The lowest BCUT2D eigenvalue weighted by atomic mass is 10.0. The molecule has 0 aliphatic heterocycles. The van der Waals surface area contributed by atoms with Crippen LogP contribution in [0.3, 0.4) is 0 Å². The van der Waals surface area contributed by atoms with E-state index >= 15 is 0 Å². The molecule has 1 atom stereocenters. The number of carboxylic acids is 1. The highest BCUT2D eigenvalue weighted by molar-refractivity contribution is 5.78. The Kier molecular flexibility index (Phi) is 6.16. The molecule has 3 aromatic rings. The van der Waals surface area contributed by atoms with Crippen LogP contribution in [0.15, 0.2) is 59.0 Å². The molecule has 7 heteroatoms. The Labute approximate surface area is 162 Å². The van der Waals surface area contributed by atoms with Crippen molar-refractivity contribution in [2.24, 2.45) is 0 Å². The van der Waals surface area contributed by atoms with E-state index in [2.05, 4.69) is 10.2 Å². The number of carbonyl (C=O) groups excluding carboxylic acids is 1. The molecule has 7 nitrogen and oxygen atoms in total. The number of aliphatic carboxylic acids is 1. The van der Waals surface area contributed by atoms with Gasteiger partial charge in [0.15, 0.2) is 0 Å². The van der Waals surface area contributed by atoms with Crippen LogP contribution in [0.5, 0.6) is 0 Å². The van der Waals surface area contributed by atoms with Gasteiger partial charge in [0.25, 0.3) is 0 Å². The second kappa shape index (κ2) is 8.94. The van der Waals surface area contributed by atoms with Crippen LogP contribution in [0.1, 0.15) is 37.6 Å². The summed E-state index contributed by atoms with van der Waals surface area (Å²) in [5.41, 5.74) is 2.71. The Morgan fingerprint density at radius 1 is 1.11 bits per heavy atom. The third-order valence-corrected chi connectivity index (χ3v) is 4.42. The first-order valence-electron chi connectivity index (χ1n) is 9.05. The number of hydrogen-bond acceptors (Lipinski definition) is 5. The van der Waals surface area contributed by atoms with Crippen molar-refractivity contribution in [2.45, 2.75) is 32.2 Å². The molecule has 0 saturated carbocycles. The number of benzene rings is 2. The zero-order valence-corrected chi connectivity index (χ0v) is 15.5. The molecule has 1 unspecified atom stereocenters. The molecule has 1 N–H and O–H groups in total. The number of hydrogen-bond donors (Lipinski definition) is 1. The number of aryl methyl sites for hydroxylation is 1. The molecular weight excluding hydrogens is 358 g/mol. The van der Waals surface area contributed by atoms with E-state index in [-0.39, 0.29) is 18.7 Å². The second-order valence-corrected chi connectivity index (χ2v) is 6.26. The first-order valence-corrected chi connectivity index (χ1v) is 9.05. The quantitative estimate of drug-likeness (QED) is 0.567. The number of amides is 1. The van der Waals surface area contributed by atoms with Gasteiger partial charge in [-0.2, -0.15) is 0 Å². The molecule has 0 saturated heterocycles. The van der Waals surface area contributed by atoms with E-state index in [0.717, 1.165) is 11.1 Å². The summed E-state index contributed by atoms with van der Waals surface area (Å²) in [7, 11) is 0. The number of nitrogens with zero attached hydrogens (tertiary/aromatic N) is 3. The van der Waals surface area contributed by atoms with Crippen LogP contribution >= 0.6 is 0 Å². The Morgan fingerprint density at radius 3 is 2.36 bits per heavy atom. The maximum atomic E-state index is 11.9. The van der Waals surface area contributed by atoms with Gasteiger partial charge in [0.2, 0.25) is 18.2 Å². The van der Waals surface area contributed by atoms with E-state index in [1.54, 1.807) is 0 Å². The predicted molar refractivity (Wildman–Crippen MR) is 104 cm³/mol. The number of rotatable bonds is 9. The Bertz CT molecular complexity index is 922. The van der Waals surface area contributed by atoms with Gasteiger partial charge in [-0.05, 0) is 29.7 Å². The molecule has 1 heterocycles. The lowest BCUT2D eigenvalue weighted by molar-refractivity contribution is -0.137. The highest BCUT2D eigenvalue weighted by Gasteiger charge is 2.27. The highest BCUT2D eigenvalue weighted by atomic mass is 16.4. The molecule has 0 aliphatic carbocycles. The summed E-state index contributed by atoms with van der Waals surface area (Å²) >= 11 is 0. The zero-order chi connectivity index (χ0) is 19.9. The molecule has 0 radical (unpaired) electrons. The molecule has 1 aromatic heterocycles. The van der Waals surface area contributed by atoms with E-state index in [1.165, 1.54) is 4.90 Å². The number of carbonyl (C=O) groups is 2.